The minimum absolute atomic E-state index is 0.170. The highest BCUT2D eigenvalue weighted by Gasteiger charge is 2.14. The number of rotatable bonds is 5. The van der Waals surface area contributed by atoms with Gasteiger partial charge in [-0.1, -0.05) is 35.9 Å². The highest BCUT2D eigenvalue weighted by atomic mass is 19.1. The molecule has 0 aliphatic heterocycles. The van der Waals surface area contributed by atoms with Crippen molar-refractivity contribution in [3.8, 4) is 5.75 Å². The summed E-state index contributed by atoms with van der Waals surface area (Å²) in [6, 6.07) is 12.7. The summed E-state index contributed by atoms with van der Waals surface area (Å²) < 4.78 is 19.6. The van der Waals surface area contributed by atoms with E-state index in [0.29, 0.717) is 12.2 Å². The molecule has 3 heteroatoms. The molecule has 2 nitrogen and oxygen atoms in total. The van der Waals surface area contributed by atoms with E-state index in [1.54, 1.807) is 12.1 Å². The van der Waals surface area contributed by atoms with Crippen LogP contribution in [0.25, 0.3) is 0 Å². The van der Waals surface area contributed by atoms with E-state index in [2.05, 4.69) is 11.4 Å². The Kier molecular flexibility index (Phi) is 4.74. The van der Waals surface area contributed by atoms with Crippen molar-refractivity contribution >= 4 is 0 Å². The molecule has 2 aromatic carbocycles. The largest absolute Gasteiger partial charge is 0.491 e. The van der Waals surface area contributed by atoms with Crippen molar-refractivity contribution in [3.05, 3.63) is 65.0 Å². The first kappa shape index (κ1) is 14.5. The van der Waals surface area contributed by atoms with Gasteiger partial charge in [-0.3, -0.25) is 0 Å². The van der Waals surface area contributed by atoms with Crippen molar-refractivity contribution in [1.82, 2.24) is 5.32 Å². The molecule has 20 heavy (non-hydrogen) atoms. The van der Waals surface area contributed by atoms with Gasteiger partial charge < -0.3 is 10.1 Å². The summed E-state index contributed by atoms with van der Waals surface area (Å²) in [6.45, 7) is 4.45. The molecule has 0 fully saturated rings. The van der Waals surface area contributed by atoms with Crippen LogP contribution in [0.1, 0.15) is 22.7 Å². The summed E-state index contributed by atoms with van der Waals surface area (Å²) >= 11 is 0. The van der Waals surface area contributed by atoms with E-state index in [-0.39, 0.29) is 11.9 Å². The Morgan fingerprint density at radius 3 is 2.55 bits per heavy atom. The quantitative estimate of drug-likeness (QED) is 0.895. The monoisotopic (exact) mass is 273 g/mol. The molecular formula is C17H20FNO. The number of nitrogens with one attached hydrogen (secondary N) is 1. The fraction of sp³-hybridized carbons (Fsp3) is 0.294. The van der Waals surface area contributed by atoms with E-state index in [1.807, 2.05) is 39.1 Å². The van der Waals surface area contributed by atoms with Crippen molar-refractivity contribution in [3.63, 3.8) is 0 Å². The number of likely N-dealkylation sites (N-methyl/N-ethyl adjacent to an activating group) is 1. The molecule has 0 aliphatic rings. The zero-order valence-corrected chi connectivity index (χ0v) is 12.1. The fourth-order valence-electron chi connectivity index (χ4n) is 2.22. The predicted molar refractivity (Wildman–Crippen MR) is 79.6 cm³/mol. The molecule has 0 radical (unpaired) electrons. The summed E-state index contributed by atoms with van der Waals surface area (Å²) in [4.78, 5) is 0. The van der Waals surface area contributed by atoms with Gasteiger partial charge in [0, 0.05) is 5.56 Å². The van der Waals surface area contributed by atoms with Gasteiger partial charge in [-0.15, -0.1) is 0 Å². The first-order chi connectivity index (χ1) is 9.61. The molecule has 0 heterocycles. The van der Waals surface area contributed by atoms with E-state index < -0.39 is 0 Å². The molecule has 0 saturated heterocycles. The molecule has 0 amide bonds. The molecule has 2 rings (SSSR count). The van der Waals surface area contributed by atoms with Crippen LogP contribution in [0.5, 0.6) is 5.75 Å². The zero-order chi connectivity index (χ0) is 14.5. The highest BCUT2D eigenvalue weighted by Crippen LogP contribution is 2.22. The van der Waals surface area contributed by atoms with Crippen molar-refractivity contribution in [2.24, 2.45) is 0 Å². The lowest BCUT2D eigenvalue weighted by atomic mass is 10.1. The maximum atomic E-state index is 13.8. The third-order valence-electron chi connectivity index (χ3n) is 3.37. The number of benzene rings is 2. The van der Waals surface area contributed by atoms with Crippen LogP contribution < -0.4 is 10.1 Å². The van der Waals surface area contributed by atoms with Gasteiger partial charge in [0.05, 0.1) is 6.04 Å². The van der Waals surface area contributed by atoms with Crippen molar-refractivity contribution in [2.75, 3.05) is 13.7 Å². The third kappa shape index (κ3) is 3.36. The summed E-state index contributed by atoms with van der Waals surface area (Å²) in [5.41, 5.74) is 2.92. The molecule has 2 aromatic rings. The smallest absolute Gasteiger partial charge is 0.128 e. The Hall–Kier alpha value is -1.87. The molecule has 106 valence electrons. The first-order valence-corrected chi connectivity index (χ1v) is 6.73. The standard InChI is InChI=1S/C17H20FNO/c1-12-8-9-17(13(2)10-12)20-11-16(19-3)14-6-4-5-7-15(14)18/h4-10,16,19H,11H2,1-3H3. The second kappa shape index (κ2) is 6.53. The molecule has 0 aliphatic carbocycles. The van der Waals surface area contributed by atoms with Crippen molar-refractivity contribution < 1.29 is 9.13 Å². The van der Waals surface area contributed by atoms with Crippen LogP contribution in [0.3, 0.4) is 0 Å². The zero-order valence-electron chi connectivity index (χ0n) is 12.1. The minimum atomic E-state index is -0.212. The average Bonchev–Trinajstić information content (AvgIpc) is 2.43. The fourth-order valence-corrected chi connectivity index (χ4v) is 2.22. The third-order valence-corrected chi connectivity index (χ3v) is 3.37. The van der Waals surface area contributed by atoms with Crippen LogP contribution in [0.2, 0.25) is 0 Å². The Balaban J connectivity index is 2.10. The van der Waals surface area contributed by atoms with Crippen LogP contribution in [0, 0.1) is 19.7 Å². The summed E-state index contributed by atoms with van der Waals surface area (Å²) in [5, 5.41) is 3.10. The van der Waals surface area contributed by atoms with Crippen LogP contribution in [-0.4, -0.2) is 13.7 Å². The maximum Gasteiger partial charge on any atom is 0.128 e. The van der Waals surface area contributed by atoms with E-state index in [4.69, 9.17) is 4.74 Å². The summed E-state index contributed by atoms with van der Waals surface area (Å²) in [5.74, 6) is 0.628. The van der Waals surface area contributed by atoms with Crippen molar-refractivity contribution in [2.45, 2.75) is 19.9 Å². The first-order valence-electron chi connectivity index (χ1n) is 6.73. The van der Waals surface area contributed by atoms with Crippen LogP contribution >= 0.6 is 0 Å². The lowest BCUT2D eigenvalue weighted by Crippen LogP contribution is -2.24. The topological polar surface area (TPSA) is 21.3 Å². The van der Waals surface area contributed by atoms with E-state index >= 15 is 0 Å². The Bertz CT molecular complexity index is 583. The van der Waals surface area contributed by atoms with E-state index in [1.165, 1.54) is 11.6 Å². The van der Waals surface area contributed by atoms with Crippen LogP contribution in [0.4, 0.5) is 4.39 Å². The summed E-state index contributed by atoms with van der Waals surface area (Å²) in [7, 11) is 1.81. The number of hydrogen-bond acceptors (Lipinski definition) is 2. The Labute approximate surface area is 119 Å². The molecule has 0 saturated carbocycles. The highest BCUT2D eigenvalue weighted by molar-refractivity contribution is 5.35. The molecule has 1 atom stereocenters. The number of hydrogen-bond donors (Lipinski definition) is 1. The molecule has 1 N–H and O–H groups in total. The molecule has 0 aromatic heterocycles. The van der Waals surface area contributed by atoms with E-state index in [0.717, 1.165) is 11.3 Å². The van der Waals surface area contributed by atoms with Gasteiger partial charge in [-0.2, -0.15) is 0 Å². The minimum Gasteiger partial charge on any atom is -0.491 e. The molecule has 0 bridgehead atoms. The van der Waals surface area contributed by atoms with Crippen molar-refractivity contribution in [1.29, 1.82) is 0 Å². The van der Waals surface area contributed by atoms with Gasteiger partial charge in [0.15, 0.2) is 0 Å². The predicted octanol–water partition coefficient (Wildman–Crippen LogP) is 3.78. The SMILES string of the molecule is CNC(COc1ccc(C)cc1C)c1ccccc1F. The van der Waals surface area contributed by atoms with Gasteiger partial charge in [0.25, 0.3) is 0 Å². The van der Waals surface area contributed by atoms with Gasteiger partial charge >= 0.3 is 0 Å². The van der Waals surface area contributed by atoms with Crippen LogP contribution in [-0.2, 0) is 0 Å². The number of aryl methyl sites for hydroxylation is 2. The Morgan fingerprint density at radius 1 is 1.15 bits per heavy atom. The number of halogens is 1. The maximum absolute atomic E-state index is 13.8. The van der Waals surface area contributed by atoms with Crippen LogP contribution in [0.15, 0.2) is 42.5 Å². The Morgan fingerprint density at radius 2 is 1.90 bits per heavy atom. The molecule has 0 spiro atoms. The molecular weight excluding hydrogens is 253 g/mol. The van der Waals surface area contributed by atoms with Gasteiger partial charge in [-0.25, -0.2) is 4.39 Å². The average molecular weight is 273 g/mol. The lowest BCUT2D eigenvalue weighted by Gasteiger charge is -2.19. The lowest BCUT2D eigenvalue weighted by molar-refractivity contribution is 0.268. The molecule has 1 unspecified atom stereocenters. The number of ether oxygens (including phenoxy) is 1. The van der Waals surface area contributed by atoms with Gasteiger partial charge in [-0.05, 0) is 38.6 Å². The van der Waals surface area contributed by atoms with Gasteiger partial charge in [0.2, 0.25) is 0 Å². The summed E-state index contributed by atoms with van der Waals surface area (Å²) in [6.07, 6.45) is 0. The normalized spacial score (nSPS) is 12.2. The second-order valence-corrected chi connectivity index (χ2v) is 4.94. The van der Waals surface area contributed by atoms with E-state index in [9.17, 15) is 4.39 Å². The second-order valence-electron chi connectivity index (χ2n) is 4.94. The van der Waals surface area contributed by atoms with Gasteiger partial charge in [0.1, 0.15) is 18.2 Å².